The van der Waals surface area contributed by atoms with Crippen LogP contribution in [0.2, 0.25) is 0 Å². The van der Waals surface area contributed by atoms with Gasteiger partial charge in [0.25, 0.3) is 11.8 Å². The van der Waals surface area contributed by atoms with Crippen LogP contribution in [0.25, 0.3) is 0 Å². The second kappa shape index (κ2) is 7.73. The highest BCUT2D eigenvalue weighted by atomic mass is 32.2. The van der Waals surface area contributed by atoms with E-state index in [4.69, 9.17) is 4.74 Å². The molecule has 0 saturated heterocycles. The van der Waals surface area contributed by atoms with Gasteiger partial charge in [-0.05, 0) is 37.4 Å². The molecular formula is C15H16N4O5S. The van der Waals surface area contributed by atoms with Gasteiger partial charge in [-0.3, -0.25) is 25.4 Å². The van der Waals surface area contributed by atoms with Gasteiger partial charge in [-0.2, -0.15) is 0 Å². The van der Waals surface area contributed by atoms with Crippen molar-refractivity contribution in [2.24, 2.45) is 0 Å². The maximum absolute atomic E-state index is 12.1. The molecule has 2 aromatic rings. The van der Waals surface area contributed by atoms with Crippen molar-refractivity contribution in [3.63, 3.8) is 0 Å². The van der Waals surface area contributed by atoms with Gasteiger partial charge in [0.1, 0.15) is 16.3 Å². The molecule has 9 nitrogen and oxygen atoms in total. The van der Waals surface area contributed by atoms with Gasteiger partial charge in [-0.15, -0.1) is 0 Å². The average molecular weight is 364 g/mol. The van der Waals surface area contributed by atoms with E-state index >= 15 is 0 Å². The molecule has 0 spiro atoms. The molecule has 0 unspecified atom stereocenters. The zero-order valence-electron chi connectivity index (χ0n) is 13.4. The van der Waals surface area contributed by atoms with Gasteiger partial charge >= 0.3 is 0 Å². The van der Waals surface area contributed by atoms with Crippen LogP contribution >= 0.6 is 0 Å². The number of pyridine rings is 1. The van der Waals surface area contributed by atoms with Crippen molar-refractivity contribution < 1.29 is 22.7 Å². The van der Waals surface area contributed by atoms with E-state index in [0.717, 1.165) is 6.07 Å². The van der Waals surface area contributed by atoms with Gasteiger partial charge in [0.15, 0.2) is 0 Å². The monoisotopic (exact) mass is 364 g/mol. The van der Waals surface area contributed by atoms with Crippen molar-refractivity contribution in [1.82, 2.24) is 20.6 Å². The van der Waals surface area contributed by atoms with E-state index in [1.165, 1.54) is 38.6 Å². The molecule has 0 atom stereocenters. The Labute approximate surface area is 144 Å². The molecule has 0 saturated carbocycles. The number of hydrogen-bond donors (Lipinski definition) is 3. The summed E-state index contributed by atoms with van der Waals surface area (Å²) in [4.78, 5) is 27.6. The first kappa shape index (κ1) is 18.4. The summed E-state index contributed by atoms with van der Waals surface area (Å²) in [6, 6.07) is 8.62. The number of hydrazine groups is 1. The molecule has 10 heteroatoms. The number of sulfonamides is 1. The van der Waals surface area contributed by atoms with Crippen LogP contribution in [0.4, 0.5) is 0 Å². The molecule has 1 aromatic heterocycles. The third kappa shape index (κ3) is 4.31. The second-order valence-electron chi connectivity index (χ2n) is 4.70. The Morgan fingerprint density at radius 1 is 1.08 bits per heavy atom. The minimum atomic E-state index is -3.82. The predicted octanol–water partition coefficient (Wildman–Crippen LogP) is 0.0731. The molecule has 25 heavy (non-hydrogen) atoms. The SMILES string of the molecule is CNS(=O)(=O)c1cc(C(=O)NNC(=O)c2ccccn2)ccc1OC. The smallest absolute Gasteiger partial charge is 0.288 e. The topological polar surface area (TPSA) is 126 Å². The van der Waals surface area contributed by atoms with Crippen molar-refractivity contribution in [2.75, 3.05) is 14.2 Å². The van der Waals surface area contributed by atoms with E-state index in [2.05, 4.69) is 20.6 Å². The van der Waals surface area contributed by atoms with Crippen molar-refractivity contribution in [3.8, 4) is 5.75 Å². The van der Waals surface area contributed by atoms with Gasteiger partial charge in [0.2, 0.25) is 10.0 Å². The zero-order valence-corrected chi connectivity index (χ0v) is 14.3. The molecule has 132 valence electrons. The van der Waals surface area contributed by atoms with Crippen LogP contribution in [0.3, 0.4) is 0 Å². The van der Waals surface area contributed by atoms with Gasteiger partial charge < -0.3 is 4.74 Å². The molecule has 0 fully saturated rings. The first-order valence-corrected chi connectivity index (χ1v) is 8.50. The molecule has 0 aliphatic heterocycles. The number of methoxy groups -OCH3 is 1. The Morgan fingerprint density at radius 3 is 2.40 bits per heavy atom. The van der Waals surface area contributed by atoms with Crippen LogP contribution in [-0.2, 0) is 10.0 Å². The molecule has 2 amide bonds. The quantitative estimate of drug-likeness (QED) is 0.645. The van der Waals surface area contributed by atoms with E-state index in [9.17, 15) is 18.0 Å². The summed E-state index contributed by atoms with van der Waals surface area (Å²) < 4.78 is 31.2. The normalized spacial score (nSPS) is 10.8. The van der Waals surface area contributed by atoms with E-state index in [1.807, 2.05) is 0 Å². The Morgan fingerprint density at radius 2 is 1.80 bits per heavy atom. The molecule has 3 N–H and O–H groups in total. The maximum atomic E-state index is 12.1. The molecule has 2 rings (SSSR count). The van der Waals surface area contributed by atoms with E-state index in [-0.39, 0.29) is 21.9 Å². The number of carbonyl (C=O) groups excluding carboxylic acids is 2. The number of ether oxygens (including phenoxy) is 1. The average Bonchev–Trinajstić information content (AvgIpc) is 2.65. The fourth-order valence-corrected chi connectivity index (χ4v) is 2.80. The van der Waals surface area contributed by atoms with E-state index < -0.39 is 21.8 Å². The summed E-state index contributed by atoms with van der Waals surface area (Å²) >= 11 is 0. The number of nitrogens with one attached hydrogen (secondary N) is 3. The number of benzene rings is 1. The summed E-state index contributed by atoms with van der Waals surface area (Å²) in [5.74, 6) is -1.21. The number of nitrogens with zero attached hydrogens (tertiary/aromatic N) is 1. The number of aromatic nitrogens is 1. The number of rotatable bonds is 5. The lowest BCUT2D eigenvalue weighted by Gasteiger charge is -2.11. The summed E-state index contributed by atoms with van der Waals surface area (Å²) in [5, 5.41) is 0. The summed E-state index contributed by atoms with van der Waals surface area (Å²) in [6.45, 7) is 0. The molecule has 1 aromatic carbocycles. The van der Waals surface area contributed by atoms with Crippen LogP contribution < -0.4 is 20.3 Å². The van der Waals surface area contributed by atoms with Crippen LogP contribution in [0.5, 0.6) is 5.75 Å². The molecule has 0 aliphatic carbocycles. The lowest BCUT2D eigenvalue weighted by Crippen LogP contribution is -2.42. The van der Waals surface area contributed by atoms with E-state index in [0.29, 0.717) is 0 Å². The lowest BCUT2D eigenvalue weighted by molar-refractivity contribution is 0.0844. The van der Waals surface area contributed by atoms with Crippen LogP contribution in [-0.4, -0.2) is 39.4 Å². The summed E-state index contributed by atoms with van der Waals surface area (Å²) in [7, 11) is -1.26. The largest absolute Gasteiger partial charge is 0.495 e. The first-order valence-electron chi connectivity index (χ1n) is 7.02. The highest BCUT2D eigenvalue weighted by Gasteiger charge is 2.20. The number of amides is 2. The summed E-state index contributed by atoms with van der Waals surface area (Å²) in [5.41, 5.74) is 4.54. The van der Waals surface area contributed by atoms with Gasteiger partial charge in [0.05, 0.1) is 7.11 Å². The maximum Gasteiger partial charge on any atom is 0.288 e. The minimum Gasteiger partial charge on any atom is -0.495 e. The van der Waals surface area contributed by atoms with Gasteiger partial charge in [-0.1, -0.05) is 6.07 Å². The van der Waals surface area contributed by atoms with Gasteiger partial charge in [-0.25, -0.2) is 13.1 Å². The Hall–Kier alpha value is -2.98. The predicted molar refractivity (Wildman–Crippen MR) is 88.4 cm³/mol. The zero-order chi connectivity index (χ0) is 18.4. The number of hydrogen-bond acceptors (Lipinski definition) is 6. The summed E-state index contributed by atoms with van der Waals surface area (Å²) in [6.07, 6.45) is 1.44. The third-order valence-corrected chi connectivity index (χ3v) is 4.61. The lowest BCUT2D eigenvalue weighted by atomic mass is 10.2. The second-order valence-corrected chi connectivity index (χ2v) is 6.55. The third-order valence-electron chi connectivity index (χ3n) is 3.17. The van der Waals surface area contributed by atoms with Crippen LogP contribution in [0.15, 0.2) is 47.5 Å². The van der Waals surface area contributed by atoms with Gasteiger partial charge in [0, 0.05) is 11.8 Å². The van der Waals surface area contributed by atoms with Crippen molar-refractivity contribution in [2.45, 2.75) is 4.90 Å². The highest BCUT2D eigenvalue weighted by Crippen LogP contribution is 2.24. The number of carbonyl (C=O) groups is 2. The Balaban J connectivity index is 2.17. The van der Waals surface area contributed by atoms with Crippen LogP contribution in [0.1, 0.15) is 20.8 Å². The molecule has 1 heterocycles. The Kier molecular flexibility index (Phi) is 5.67. The first-order chi connectivity index (χ1) is 11.9. The van der Waals surface area contributed by atoms with E-state index in [1.54, 1.807) is 12.1 Å². The van der Waals surface area contributed by atoms with Crippen LogP contribution in [0, 0.1) is 0 Å². The van der Waals surface area contributed by atoms with Crippen molar-refractivity contribution in [3.05, 3.63) is 53.9 Å². The molecule has 0 bridgehead atoms. The fraction of sp³-hybridized carbons (Fsp3) is 0.133. The fourth-order valence-electron chi connectivity index (χ4n) is 1.88. The standard InChI is InChI=1S/C15H16N4O5S/c1-16-25(22,23)13-9-10(6-7-12(13)24-2)14(20)18-19-15(21)11-5-3-4-8-17-11/h3-9,16H,1-2H3,(H,18,20)(H,19,21). The molecule has 0 radical (unpaired) electrons. The minimum absolute atomic E-state index is 0.0240. The molecule has 0 aliphatic rings. The van der Waals surface area contributed by atoms with Crippen molar-refractivity contribution in [1.29, 1.82) is 0 Å². The molecular weight excluding hydrogens is 348 g/mol. The highest BCUT2D eigenvalue weighted by molar-refractivity contribution is 7.89. The van der Waals surface area contributed by atoms with Crippen molar-refractivity contribution >= 4 is 21.8 Å². The Bertz CT molecular complexity index is 884.